The highest BCUT2D eigenvalue weighted by atomic mass is 79.9. The van der Waals surface area contributed by atoms with E-state index in [9.17, 15) is 9.59 Å². The maximum absolute atomic E-state index is 12.2. The number of anilines is 1. The van der Waals surface area contributed by atoms with Crippen LogP contribution in [0.25, 0.3) is 0 Å². The molecule has 7 nitrogen and oxygen atoms in total. The molecule has 0 aliphatic carbocycles. The van der Waals surface area contributed by atoms with Crippen LogP contribution in [0.4, 0.5) is 5.69 Å². The minimum absolute atomic E-state index is 0.260. The number of methoxy groups -OCH3 is 3. The normalized spacial score (nSPS) is 10.0. The lowest BCUT2D eigenvalue weighted by atomic mass is 10.2. The van der Waals surface area contributed by atoms with E-state index < -0.39 is 18.5 Å². The zero-order chi connectivity index (χ0) is 19.1. The fourth-order valence-electron chi connectivity index (χ4n) is 2.09. The Hall–Kier alpha value is -2.74. The third-order valence-corrected chi connectivity index (χ3v) is 4.10. The second kappa shape index (κ2) is 9.10. The van der Waals surface area contributed by atoms with E-state index in [1.807, 2.05) is 0 Å². The molecular weight excluding hydrogens is 406 g/mol. The Morgan fingerprint density at radius 3 is 2.27 bits per heavy atom. The number of halogens is 1. The average molecular weight is 424 g/mol. The third kappa shape index (κ3) is 4.89. The van der Waals surface area contributed by atoms with Gasteiger partial charge in [0.1, 0.15) is 17.2 Å². The van der Waals surface area contributed by atoms with Gasteiger partial charge in [0.15, 0.2) is 6.61 Å². The van der Waals surface area contributed by atoms with Crippen LogP contribution in [0.2, 0.25) is 0 Å². The predicted octanol–water partition coefficient (Wildman–Crippen LogP) is 3.27. The number of esters is 1. The Kier molecular flexibility index (Phi) is 6.85. The second-order valence-electron chi connectivity index (χ2n) is 5.04. The Bertz CT molecular complexity index is 808. The van der Waals surface area contributed by atoms with E-state index in [4.69, 9.17) is 18.9 Å². The Labute approximate surface area is 159 Å². The number of amides is 1. The van der Waals surface area contributed by atoms with Crippen molar-refractivity contribution in [2.75, 3.05) is 33.3 Å². The van der Waals surface area contributed by atoms with E-state index in [0.29, 0.717) is 27.4 Å². The minimum Gasteiger partial charge on any atom is -0.497 e. The number of hydrogen-bond acceptors (Lipinski definition) is 6. The molecule has 0 aliphatic heterocycles. The summed E-state index contributed by atoms with van der Waals surface area (Å²) in [5.74, 6) is 0.359. The zero-order valence-corrected chi connectivity index (χ0v) is 16.1. The molecule has 2 aromatic rings. The molecule has 1 N–H and O–H groups in total. The van der Waals surface area contributed by atoms with Crippen LogP contribution in [-0.4, -0.2) is 39.8 Å². The summed E-state index contributed by atoms with van der Waals surface area (Å²) in [4.78, 5) is 24.3. The van der Waals surface area contributed by atoms with Crippen molar-refractivity contribution < 1.29 is 28.5 Å². The summed E-state index contributed by atoms with van der Waals surface area (Å²) in [5, 5.41) is 2.62. The van der Waals surface area contributed by atoms with Crippen LogP contribution < -0.4 is 19.5 Å². The third-order valence-electron chi connectivity index (χ3n) is 3.41. The van der Waals surface area contributed by atoms with Crippen LogP contribution in [0, 0.1) is 0 Å². The van der Waals surface area contributed by atoms with Gasteiger partial charge < -0.3 is 24.3 Å². The molecule has 0 saturated carbocycles. The highest BCUT2D eigenvalue weighted by Crippen LogP contribution is 2.29. The standard InChI is InChI=1S/C18H18BrNO6/c1-23-11-4-6-14(19)13(8-11)18(22)26-10-17(21)20-15-9-12(24-2)5-7-16(15)25-3/h4-9H,10H2,1-3H3,(H,20,21). The van der Waals surface area contributed by atoms with Gasteiger partial charge in [-0.25, -0.2) is 4.79 Å². The molecule has 0 aliphatic rings. The van der Waals surface area contributed by atoms with Gasteiger partial charge in [0.05, 0.1) is 32.6 Å². The van der Waals surface area contributed by atoms with Crippen molar-refractivity contribution in [3.05, 3.63) is 46.4 Å². The van der Waals surface area contributed by atoms with Gasteiger partial charge in [0.25, 0.3) is 5.91 Å². The maximum Gasteiger partial charge on any atom is 0.339 e. The Balaban J connectivity index is 2.02. The Morgan fingerprint density at radius 1 is 0.962 bits per heavy atom. The van der Waals surface area contributed by atoms with E-state index >= 15 is 0 Å². The molecule has 26 heavy (non-hydrogen) atoms. The molecule has 0 atom stereocenters. The van der Waals surface area contributed by atoms with Crippen molar-refractivity contribution >= 4 is 33.5 Å². The molecule has 0 unspecified atom stereocenters. The number of ether oxygens (including phenoxy) is 4. The van der Waals surface area contributed by atoms with Gasteiger partial charge in [-0.1, -0.05) is 0 Å². The lowest BCUT2D eigenvalue weighted by Gasteiger charge is -2.12. The smallest absolute Gasteiger partial charge is 0.339 e. The molecule has 2 aromatic carbocycles. The summed E-state index contributed by atoms with van der Waals surface area (Å²) in [7, 11) is 4.49. The van der Waals surface area contributed by atoms with E-state index in [0.717, 1.165) is 0 Å². The van der Waals surface area contributed by atoms with Gasteiger partial charge in [-0.15, -0.1) is 0 Å². The molecule has 138 valence electrons. The van der Waals surface area contributed by atoms with Gasteiger partial charge in [-0.05, 0) is 46.3 Å². The van der Waals surface area contributed by atoms with Crippen LogP contribution in [0.3, 0.4) is 0 Å². The topological polar surface area (TPSA) is 83.1 Å². The molecule has 1 amide bonds. The SMILES string of the molecule is COc1ccc(OC)c(NC(=O)COC(=O)c2cc(OC)ccc2Br)c1. The highest BCUT2D eigenvalue weighted by molar-refractivity contribution is 9.10. The van der Waals surface area contributed by atoms with Crippen molar-refractivity contribution in [3.8, 4) is 17.2 Å². The molecule has 0 fully saturated rings. The maximum atomic E-state index is 12.2. The van der Waals surface area contributed by atoms with Crippen molar-refractivity contribution in [1.82, 2.24) is 0 Å². The van der Waals surface area contributed by atoms with Crippen LogP contribution in [0.1, 0.15) is 10.4 Å². The molecule has 2 rings (SSSR count). The van der Waals surface area contributed by atoms with Crippen LogP contribution in [0.15, 0.2) is 40.9 Å². The molecule has 8 heteroatoms. The summed E-state index contributed by atoms with van der Waals surface area (Å²) in [5.41, 5.74) is 0.673. The van der Waals surface area contributed by atoms with E-state index in [2.05, 4.69) is 21.2 Å². The quantitative estimate of drug-likeness (QED) is 0.688. The first kappa shape index (κ1) is 19.6. The van der Waals surface area contributed by atoms with Gasteiger partial charge in [0.2, 0.25) is 0 Å². The lowest BCUT2D eigenvalue weighted by Crippen LogP contribution is -2.21. The van der Waals surface area contributed by atoms with Crippen molar-refractivity contribution in [1.29, 1.82) is 0 Å². The molecule has 0 saturated heterocycles. The molecule has 0 heterocycles. The number of rotatable bonds is 7. The number of hydrogen-bond donors (Lipinski definition) is 1. The lowest BCUT2D eigenvalue weighted by molar-refractivity contribution is -0.119. The van der Waals surface area contributed by atoms with Crippen LogP contribution in [0.5, 0.6) is 17.2 Å². The first-order chi connectivity index (χ1) is 12.5. The summed E-state index contributed by atoms with van der Waals surface area (Å²) in [6.45, 7) is -0.456. The Morgan fingerprint density at radius 2 is 1.62 bits per heavy atom. The molecule has 0 radical (unpaired) electrons. The fraction of sp³-hybridized carbons (Fsp3) is 0.222. The number of carbonyl (C=O) groups excluding carboxylic acids is 2. The monoisotopic (exact) mass is 423 g/mol. The summed E-state index contributed by atoms with van der Waals surface area (Å²) < 4.78 is 21.0. The fourth-order valence-corrected chi connectivity index (χ4v) is 2.50. The van der Waals surface area contributed by atoms with Gasteiger partial charge in [-0.2, -0.15) is 0 Å². The van der Waals surface area contributed by atoms with Crippen molar-refractivity contribution in [2.24, 2.45) is 0 Å². The van der Waals surface area contributed by atoms with Gasteiger partial charge in [-0.3, -0.25) is 4.79 Å². The van der Waals surface area contributed by atoms with Crippen LogP contribution >= 0.6 is 15.9 Å². The van der Waals surface area contributed by atoms with E-state index in [-0.39, 0.29) is 5.56 Å². The number of benzene rings is 2. The number of nitrogens with one attached hydrogen (secondary N) is 1. The first-order valence-corrected chi connectivity index (χ1v) is 8.30. The van der Waals surface area contributed by atoms with Crippen molar-refractivity contribution in [3.63, 3.8) is 0 Å². The first-order valence-electron chi connectivity index (χ1n) is 7.51. The largest absolute Gasteiger partial charge is 0.497 e. The van der Waals surface area contributed by atoms with Crippen molar-refractivity contribution in [2.45, 2.75) is 0 Å². The number of carbonyl (C=O) groups is 2. The summed E-state index contributed by atoms with van der Waals surface area (Å²) >= 11 is 3.27. The highest BCUT2D eigenvalue weighted by Gasteiger charge is 2.16. The van der Waals surface area contributed by atoms with Gasteiger partial charge in [0, 0.05) is 10.5 Å². The zero-order valence-electron chi connectivity index (χ0n) is 14.5. The van der Waals surface area contributed by atoms with E-state index in [1.165, 1.54) is 27.4 Å². The molecule has 0 aromatic heterocycles. The van der Waals surface area contributed by atoms with Gasteiger partial charge >= 0.3 is 5.97 Å². The molecular formula is C18H18BrNO6. The predicted molar refractivity (Wildman–Crippen MR) is 99.2 cm³/mol. The summed E-state index contributed by atoms with van der Waals surface area (Å²) in [6.07, 6.45) is 0. The molecule has 0 bridgehead atoms. The summed E-state index contributed by atoms with van der Waals surface area (Å²) in [6, 6.07) is 9.86. The minimum atomic E-state index is -0.650. The average Bonchev–Trinajstić information content (AvgIpc) is 2.66. The molecule has 0 spiro atoms. The second-order valence-corrected chi connectivity index (χ2v) is 5.89. The van der Waals surface area contributed by atoms with E-state index in [1.54, 1.807) is 30.3 Å². The van der Waals surface area contributed by atoms with Crippen LogP contribution in [-0.2, 0) is 9.53 Å².